The van der Waals surface area contributed by atoms with Crippen molar-refractivity contribution in [1.29, 1.82) is 0 Å². The molecule has 1 fully saturated rings. The van der Waals surface area contributed by atoms with Crippen molar-refractivity contribution in [3.63, 3.8) is 0 Å². The molecule has 0 aliphatic carbocycles. The summed E-state index contributed by atoms with van der Waals surface area (Å²) in [6.07, 6.45) is 1.29. The molecule has 2 rings (SSSR count). The second kappa shape index (κ2) is 9.09. The van der Waals surface area contributed by atoms with Gasteiger partial charge in [0, 0.05) is 18.8 Å². The van der Waals surface area contributed by atoms with Crippen molar-refractivity contribution >= 4 is 0 Å². The van der Waals surface area contributed by atoms with E-state index < -0.39 is 35.8 Å². The lowest BCUT2D eigenvalue weighted by Crippen LogP contribution is -2.38. The van der Waals surface area contributed by atoms with Gasteiger partial charge in [-0.1, -0.05) is 26.2 Å². The first kappa shape index (κ1) is 18.8. The zero-order chi connectivity index (χ0) is 17.5. The molecule has 4 atom stereocenters. The van der Waals surface area contributed by atoms with Gasteiger partial charge in [0.25, 0.3) is 5.56 Å². The molecular weight excluding hydrogens is 318 g/mol. The summed E-state index contributed by atoms with van der Waals surface area (Å²) in [7, 11) is 0. The van der Waals surface area contributed by atoms with Crippen molar-refractivity contribution in [2.75, 3.05) is 13.2 Å². The van der Waals surface area contributed by atoms with Crippen molar-refractivity contribution in [1.82, 2.24) is 15.0 Å². The summed E-state index contributed by atoms with van der Waals surface area (Å²) in [5.41, 5.74) is 1.53. The SMILES string of the molecule is CCCCCCNOC[C@H]1O[C@@H](n2ccc(=O)[nH]c2=O)[C@H](O)[C@@H]1O. The number of rotatable bonds is 9. The van der Waals surface area contributed by atoms with Crippen LogP contribution in [0.25, 0.3) is 0 Å². The number of aromatic nitrogens is 2. The van der Waals surface area contributed by atoms with E-state index in [0.717, 1.165) is 29.9 Å². The normalized spacial score (nSPS) is 26.8. The van der Waals surface area contributed by atoms with Crippen molar-refractivity contribution in [3.8, 4) is 0 Å². The molecule has 4 N–H and O–H groups in total. The summed E-state index contributed by atoms with van der Waals surface area (Å²) in [6.45, 7) is 2.85. The minimum atomic E-state index is -1.30. The third kappa shape index (κ3) is 4.74. The Balaban J connectivity index is 1.84. The molecule has 24 heavy (non-hydrogen) atoms. The Bertz CT molecular complexity index is 616. The van der Waals surface area contributed by atoms with Gasteiger partial charge in [-0.05, 0) is 6.42 Å². The molecule has 1 aliphatic rings. The van der Waals surface area contributed by atoms with Crippen molar-refractivity contribution in [2.24, 2.45) is 0 Å². The highest BCUT2D eigenvalue weighted by Gasteiger charge is 2.44. The fraction of sp³-hybridized carbons (Fsp3) is 0.733. The van der Waals surface area contributed by atoms with Gasteiger partial charge in [-0.25, -0.2) is 10.3 Å². The number of hydrogen-bond acceptors (Lipinski definition) is 7. The number of hydroxylamine groups is 1. The van der Waals surface area contributed by atoms with Crippen LogP contribution in [0.3, 0.4) is 0 Å². The van der Waals surface area contributed by atoms with E-state index in [1.165, 1.54) is 12.6 Å². The smallest absolute Gasteiger partial charge is 0.330 e. The summed E-state index contributed by atoms with van der Waals surface area (Å²) < 4.78 is 6.55. The van der Waals surface area contributed by atoms with Crippen LogP contribution in [0.15, 0.2) is 21.9 Å². The molecule has 0 saturated carbocycles. The Morgan fingerprint density at radius 1 is 1.29 bits per heavy atom. The highest BCUT2D eigenvalue weighted by Crippen LogP contribution is 2.28. The maximum atomic E-state index is 11.8. The van der Waals surface area contributed by atoms with Gasteiger partial charge in [0.15, 0.2) is 6.23 Å². The summed E-state index contributed by atoms with van der Waals surface area (Å²) in [6, 6.07) is 1.14. The minimum Gasteiger partial charge on any atom is -0.387 e. The van der Waals surface area contributed by atoms with Crippen LogP contribution >= 0.6 is 0 Å². The standard InChI is InChI=1S/C15H25N3O6/c1-2-3-4-5-7-16-23-9-10-12(20)13(21)14(24-10)18-8-6-11(19)17-15(18)22/h6,8,10,12-14,16,20-21H,2-5,7,9H2,1H3,(H,17,19,22)/t10-,12-,13-,14-/m1/s1. The average Bonchev–Trinajstić information content (AvgIpc) is 2.82. The topological polar surface area (TPSA) is 126 Å². The predicted molar refractivity (Wildman–Crippen MR) is 85.3 cm³/mol. The van der Waals surface area contributed by atoms with E-state index in [0.29, 0.717) is 6.54 Å². The van der Waals surface area contributed by atoms with Crippen molar-refractivity contribution in [3.05, 3.63) is 33.1 Å². The molecule has 136 valence electrons. The van der Waals surface area contributed by atoms with Gasteiger partial charge in [-0.15, -0.1) is 0 Å². The first-order chi connectivity index (χ1) is 11.5. The van der Waals surface area contributed by atoms with Crippen LogP contribution < -0.4 is 16.7 Å². The Kier molecular flexibility index (Phi) is 7.13. The highest BCUT2D eigenvalue weighted by molar-refractivity contribution is 4.93. The maximum Gasteiger partial charge on any atom is 0.330 e. The molecule has 9 nitrogen and oxygen atoms in total. The molecule has 1 saturated heterocycles. The molecule has 1 aliphatic heterocycles. The fourth-order valence-electron chi connectivity index (χ4n) is 2.56. The number of aromatic amines is 1. The van der Waals surface area contributed by atoms with E-state index in [1.807, 2.05) is 0 Å². The van der Waals surface area contributed by atoms with E-state index in [2.05, 4.69) is 17.4 Å². The zero-order valence-corrected chi connectivity index (χ0v) is 13.7. The molecule has 0 aromatic carbocycles. The van der Waals surface area contributed by atoms with E-state index in [1.54, 1.807) is 0 Å². The summed E-state index contributed by atoms with van der Waals surface area (Å²) >= 11 is 0. The number of aliphatic hydroxyl groups is 2. The first-order valence-electron chi connectivity index (χ1n) is 8.22. The summed E-state index contributed by atoms with van der Waals surface area (Å²) in [5.74, 6) is 0. The van der Waals surface area contributed by atoms with Crippen molar-refractivity contribution < 1.29 is 19.8 Å². The number of H-pyrrole nitrogens is 1. The predicted octanol–water partition coefficient (Wildman–Crippen LogP) is -0.743. The van der Waals surface area contributed by atoms with Crippen LogP contribution in [-0.4, -0.2) is 51.2 Å². The van der Waals surface area contributed by atoms with Crippen LogP contribution in [-0.2, 0) is 9.57 Å². The lowest BCUT2D eigenvalue weighted by Gasteiger charge is -2.16. The summed E-state index contributed by atoms with van der Waals surface area (Å²) in [5, 5.41) is 20.1. The third-order valence-corrected chi connectivity index (χ3v) is 3.94. The van der Waals surface area contributed by atoms with Crippen LogP contribution in [0.4, 0.5) is 0 Å². The van der Waals surface area contributed by atoms with Gasteiger partial charge in [0.1, 0.15) is 18.3 Å². The number of nitrogens with zero attached hydrogens (tertiary/aromatic N) is 1. The minimum absolute atomic E-state index is 0.0284. The maximum absolute atomic E-state index is 11.8. The van der Waals surface area contributed by atoms with E-state index >= 15 is 0 Å². The fourth-order valence-corrected chi connectivity index (χ4v) is 2.56. The average molecular weight is 343 g/mol. The molecule has 9 heteroatoms. The molecule has 2 heterocycles. The quantitative estimate of drug-likeness (QED) is 0.343. The molecule has 0 unspecified atom stereocenters. The van der Waals surface area contributed by atoms with Crippen LogP contribution in [0, 0.1) is 0 Å². The molecule has 1 aromatic heterocycles. The summed E-state index contributed by atoms with van der Waals surface area (Å²) in [4.78, 5) is 30.2. The molecule has 1 aromatic rings. The van der Waals surface area contributed by atoms with E-state index in [9.17, 15) is 19.8 Å². The number of ether oxygens (including phenoxy) is 1. The van der Waals surface area contributed by atoms with Gasteiger partial charge in [-0.2, -0.15) is 0 Å². The molecule has 0 radical (unpaired) electrons. The monoisotopic (exact) mass is 343 g/mol. The van der Waals surface area contributed by atoms with Crippen molar-refractivity contribution in [2.45, 2.75) is 57.1 Å². The first-order valence-corrected chi connectivity index (χ1v) is 8.22. The Hall–Kier alpha value is -1.52. The molecular formula is C15H25N3O6. The Morgan fingerprint density at radius 3 is 2.79 bits per heavy atom. The van der Waals surface area contributed by atoms with Gasteiger partial charge in [0.05, 0.1) is 6.61 Å². The van der Waals surface area contributed by atoms with E-state index in [-0.39, 0.29) is 6.61 Å². The second-order valence-electron chi connectivity index (χ2n) is 5.83. The van der Waals surface area contributed by atoms with Gasteiger partial charge in [-0.3, -0.25) is 19.2 Å². The third-order valence-electron chi connectivity index (χ3n) is 3.94. The molecule has 0 amide bonds. The molecule has 0 bridgehead atoms. The Morgan fingerprint density at radius 2 is 2.08 bits per heavy atom. The van der Waals surface area contributed by atoms with Gasteiger partial charge < -0.3 is 14.9 Å². The Labute approximate surface area is 139 Å². The number of aliphatic hydroxyl groups excluding tert-OH is 2. The zero-order valence-electron chi connectivity index (χ0n) is 13.7. The van der Waals surface area contributed by atoms with Crippen LogP contribution in [0.1, 0.15) is 38.8 Å². The van der Waals surface area contributed by atoms with Gasteiger partial charge in [0.2, 0.25) is 0 Å². The lowest BCUT2D eigenvalue weighted by atomic mass is 10.1. The van der Waals surface area contributed by atoms with Crippen LogP contribution in [0.2, 0.25) is 0 Å². The number of nitrogens with one attached hydrogen (secondary N) is 2. The number of hydrogen-bond donors (Lipinski definition) is 4. The molecule has 0 spiro atoms. The largest absolute Gasteiger partial charge is 0.387 e. The second-order valence-corrected chi connectivity index (χ2v) is 5.83. The number of unbranched alkanes of at least 4 members (excludes halogenated alkanes) is 3. The van der Waals surface area contributed by atoms with Crippen LogP contribution in [0.5, 0.6) is 0 Å². The van der Waals surface area contributed by atoms with Gasteiger partial charge >= 0.3 is 5.69 Å². The van der Waals surface area contributed by atoms with E-state index in [4.69, 9.17) is 9.57 Å². The lowest BCUT2D eigenvalue weighted by molar-refractivity contribution is -0.0879. The highest BCUT2D eigenvalue weighted by atomic mass is 16.7.